The van der Waals surface area contributed by atoms with Gasteiger partial charge in [0.2, 0.25) is 9.05 Å². The molecule has 0 aliphatic carbocycles. The maximum atomic E-state index is 10.8. The van der Waals surface area contributed by atoms with E-state index in [1.54, 1.807) is 0 Å². The Morgan fingerprint density at radius 3 is 2.21 bits per heavy atom. The molecule has 0 saturated heterocycles. The van der Waals surface area contributed by atoms with E-state index in [0.29, 0.717) is 6.61 Å². The Balaban J connectivity index is 3.92. The molecule has 0 aromatic heterocycles. The van der Waals surface area contributed by atoms with Crippen LogP contribution >= 0.6 is 10.7 Å². The highest BCUT2D eigenvalue weighted by Crippen LogP contribution is 2.12. The highest BCUT2D eigenvalue weighted by molar-refractivity contribution is 8.13. The van der Waals surface area contributed by atoms with Crippen LogP contribution in [0.15, 0.2) is 0 Å². The van der Waals surface area contributed by atoms with Gasteiger partial charge in [-0.15, -0.1) is 0 Å². The van der Waals surface area contributed by atoms with Crippen molar-refractivity contribution in [2.45, 2.75) is 39.7 Å². The summed E-state index contributed by atoms with van der Waals surface area (Å²) in [6.07, 6.45) is 1.88. The van der Waals surface area contributed by atoms with Crippen LogP contribution in [-0.2, 0) is 13.8 Å². The molecule has 0 saturated carbocycles. The summed E-state index contributed by atoms with van der Waals surface area (Å²) in [5, 5.41) is 0. The fourth-order valence-corrected chi connectivity index (χ4v) is 2.41. The van der Waals surface area contributed by atoms with Gasteiger partial charge in [-0.25, -0.2) is 8.42 Å². The summed E-state index contributed by atoms with van der Waals surface area (Å²) in [7, 11) is 1.77. The highest BCUT2D eigenvalue weighted by atomic mass is 35.7. The molecule has 2 atom stereocenters. The lowest BCUT2D eigenvalue weighted by molar-refractivity contribution is 0.0418. The summed E-state index contributed by atoms with van der Waals surface area (Å²) in [5.41, 5.74) is 0. The zero-order valence-corrected chi connectivity index (χ0v) is 10.6. The lowest BCUT2D eigenvalue weighted by atomic mass is 10.1. The standard InChI is InChI=1S/C9H19ClO3S/c1-4-8(3)13-6-9(5-2)7-14(10,11)12/h8-9H,4-7H2,1-3H3. The molecule has 3 nitrogen and oxygen atoms in total. The third-order valence-corrected chi connectivity index (χ3v) is 3.45. The molecular formula is C9H19ClO3S. The van der Waals surface area contributed by atoms with E-state index in [0.717, 1.165) is 12.8 Å². The van der Waals surface area contributed by atoms with E-state index in [9.17, 15) is 8.42 Å². The molecular weight excluding hydrogens is 224 g/mol. The average molecular weight is 243 g/mol. The predicted octanol–water partition coefficient (Wildman–Crippen LogP) is 2.40. The minimum atomic E-state index is -3.40. The first-order valence-electron chi connectivity index (χ1n) is 4.93. The van der Waals surface area contributed by atoms with Crippen LogP contribution in [0.4, 0.5) is 0 Å². The Labute approximate surface area is 91.2 Å². The third kappa shape index (κ3) is 7.59. The fraction of sp³-hybridized carbons (Fsp3) is 1.00. The summed E-state index contributed by atoms with van der Waals surface area (Å²) in [4.78, 5) is 0. The minimum absolute atomic E-state index is 0.00148. The molecule has 0 rings (SSSR count). The molecule has 0 aromatic carbocycles. The maximum absolute atomic E-state index is 10.8. The van der Waals surface area contributed by atoms with Crippen molar-refractivity contribution in [3.05, 3.63) is 0 Å². The first-order valence-corrected chi connectivity index (χ1v) is 7.40. The molecule has 86 valence electrons. The van der Waals surface area contributed by atoms with Gasteiger partial charge in [-0.2, -0.15) is 0 Å². The first kappa shape index (κ1) is 14.2. The van der Waals surface area contributed by atoms with Gasteiger partial charge >= 0.3 is 0 Å². The lowest BCUT2D eigenvalue weighted by Gasteiger charge is -2.16. The third-order valence-electron chi connectivity index (χ3n) is 2.20. The van der Waals surface area contributed by atoms with E-state index in [-0.39, 0.29) is 17.8 Å². The summed E-state index contributed by atoms with van der Waals surface area (Å²) < 4.78 is 27.1. The Morgan fingerprint density at radius 2 is 1.86 bits per heavy atom. The van der Waals surface area contributed by atoms with Crippen molar-refractivity contribution in [3.8, 4) is 0 Å². The van der Waals surface area contributed by atoms with Crippen molar-refractivity contribution in [3.63, 3.8) is 0 Å². The molecule has 2 unspecified atom stereocenters. The molecule has 0 aliphatic rings. The van der Waals surface area contributed by atoms with E-state index in [4.69, 9.17) is 15.4 Å². The van der Waals surface area contributed by atoms with Crippen LogP contribution in [0.2, 0.25) is 0 Å². The summed E-state index contributed by atoms with van der Waals surface area (Å²) >= 11 is 0. The number of halogens is 1. The predicted molar refractivity (Wildman–Crippen MR) is 59.1 cm³/mol. The summed E-state index contributed by atoms with van der Waals surface area (Å²) in [5.74, 6) is 0.00750. The summed E-state index contributed by atoms with van der Waals surface area (Å²) in [6.45, 7) is 6.41. The molecule has 0 aliphatic heterocycles. The zero-order valence-electron chi connectivity index (χ0n) is 8.99. The van der Waals surface area contributed by atoms with Crippen LogP contribution in [0.1, 0.15) is 33.6 Å². The molecule has 0 amide bonds. The zero-order chi connectivity index (χ0) is 11.2. The number of hydrogen-bond donors (Lipinski definition) is 0. The smallest absolute Gasteiger partial charge is 0.232 e. The maximum Gasteiger partial charge on any atom is 0.232 e. The van der Waals surface area contributed by atoms with Crippen LogP contribution < -0.4 is 0 Å². The molecule has 0 bridgehead atoms. The van der Waals surface area contributed by atoms with Crippen LogP contribution in [0.3, 0.4) is 0 Å². The Kier molecular flexibility index (Phi) is 6.74. The SMILES string of the molecule is CCC(COC(C)CC)CS(=O)(=O)Cl. The highest BCUT2D eigenvalue weighted by Gasteiger charge is 2.16. The van der Waals surface area contributed by atoms with Gasteiger partial charge in [-0.1, -0.05) is 20.3 Å². The number of hydrogen-bond acceptors (Lipinski definition) is 3. The van der Waals surface area contributed by atoms with E-state index in [1.165, 1.54) is 0 Å². The van der Waals surface area contributed by atoms with Gasteiger partial charge in [-0.05, 0) is 19.3 Å². The average Bonchev–Trinajstić information content (AvgIpc) is 2.09. The molecule has 0 spiro atoms. The van der Waals surface area contributed by atoms with Gasteiger partial charge in [-0.3, -0.25) is 0 Å². The molecule has 0 heterocycles. The monoisotopic (exact) mass is 242 g/mol. The van der Waals surface area contributed by atoms with Gasteiger partial charge in [0.05, 0.1) is 18.5 Å². The van der Waals surface area contributed by atoms with Crippen LogP contribution in [-0.4, -0.2) is 26.9 Å². The molecule has 0 aromatic rings. The normalized spacial score (nSPS) is 16.6. The topological polar surface area (TPSA) is 43.4 Å². The van der Waals surface area contributed by atoms with Crippen LogP contribution in [0.5, 0.6) is 0 Å². The Bertz CT molecular complexity index is 238. The van der Waals surface area contributed by atoms with Crippen molar-refractivity contribution in [1.29, 1.82) is 0 Å². The van der Waals surface area contributed by atoms with E-state index >= 15 is 0 Å². The minimum Gasteiger partial charge on any atom is -0.378 e. The molecule has 0 radical (unpaired) electrons. The largest absolute Gasteiger partial charge is 0.378 e. The number of ether oxygens (including phenoxy) is 1. The fourth-order valence-electron chi connectivity index (χ4n) is 0.984. The van der Waals surface area contributed by atoms with Gasteiger partial charge in [0.1, 0.15) is 0 Å². The van der Waals surface area contributed by atoms with Crippen molar-refractivity contribution < 1.29 is 13.2 Å². The molecule has 0 fully saturated rings. The van der Waals surface area contributed by atoms with Gasteiger partial charge in [0.25, 0.3) is 0 Å². The van der Waals surface area contributed by atoms with Crippen molar-refractivity contribution in [2.75, 3.05) is 12.4 Å². The Morgan fingerprint density at radius 1 is 1.29 bits per heavy atom. The second-order valence-electron chi connectivity index (χ2n) is 3.53. The van der Waals surface area contributed by atoms with Gasteiger partial charge < -0.3 is 4.74 Å². The quantitative estimate of drug-likeness (QED) is 0.644. The van der Waals surface area contributed by atoms with E-state index in [1.807, 2.05) is 20.8 Å². The van der Waals surface area contributed by atoms with Crippen LogP contribution in [0, 0.1) is 5.92 Å². The Hall–Kier alpha value is 0.200. The van der Waals surface area contributed by atoms with Gasteiger partial charge in [0, 0.05) is 10.7 Å². The first-order chi connectivity index (χ1) is 6.39. The molecule has 5 heteroatoms. The lowest BCUT2D eigenvalue weighted by Crippen LogP contribution is -2.20. The molecule has 14 heavy (non-hydrogen) atoms. The molecule has 0 N–H and O–H groups in total. The van der Waals surface area contributed by atoms with Gasteiger partial charge in [0.15, 0.2) is 0 Å². The summed E-state index contributed by atoms with van der Waals surface area (Å²) in [6, 6.07) is 0. The second-order valence-corrected chi connectivity index (χ2v) is 6.35. The van der Waals surface area contributed by atoms with E-state index < -0.39 is 9.05 Å². The van der Waals surface area contributed by atoms with Crippen molar-refractivity contribution in [2.24, 2.45) is 5.92 Å². The van der Waals surface area contributed by atoms with E-state index in [2.05, 4.69) is 0 Å². The van der Waals surface area contributed by atoms with Crippen molar-refractivity contribution >= 4 is 19.7 Å². The second kappa shape index (κ2) is 6.64. The number of rotatable bonds is 7. The van der Waals surface area contributed by atoms with Crippen LogP contribution in [0.25, 0.3) is 0 Å². The van der Waals surface area contributed by atoms with Crippen molar-refractivity contribution in [1.82, 2.24) is 0 Å².